The molecule has 0 unspecified atom stereocenters. The SMILES string of the molecule is CC(C)c1ccc(OCc2nc3ccccc3n2CC(=O)N(c2ccccc2)C(C)C)cc1. The first kappa shape index (κ1) is 22.6. The molecule has 4 rings (SSSR count). The molecule has 1 heterocycles. The lowest BCUT2D eigenvalue weighted by Crippen LogP contribution is -2.39. The Kier molecular flexibility index (Phi) is 6.78. The van der Waals surface area contributed by atoms with Crippen LogP contribution in [0.4, 0.5) is 5.69 Å². The number of rotatable bonds is 8. The highest BCUT2D eigenvalue weighted by Crippen LogP contribution is 2.23. The van der Waals surface area contributed by atoms with Gasteiger partial charge in [-0.15, -0.1) is 0 Å². The van der Waals surface area contributed by atoms with Crippen LogP contribution in [0.3, 0.4) is 0 Å². The summed E-state index contributed by atoms with van der Waals surface area (Å²) in [7, 11) is 0. The van der Waals surface area contributed by atoms with Gasteiger partial charge in [0, 0.05) is 11.7 Å². The number of aromatic nitrogens is 2. The van der Waals surface area contributed by atoms with E-state index in [0.717, 1.165) is 28.3 Å². The van der Waals surface area contributed by atoms with Crippen LogP contribution in [0, 0.1) is 0 Å². The van der Waals surface area contributed by atoms with Gasteiger partial charge in [0.2, 0.25) is 5.91 Å². The fourth-order valence-electron chi connectivity index (χ4n) is 4.04. The first-order valence-corrected chi connectivity index (χ1v) is 11.5. The van der Waals surface area contributed by atoms with Gasteiger partial charge in [-0.05, 0) is 61.7 Å². The molecule has 5 nitrogen and oxygen atoms in total. The van der Waals surface area contributed by atoms with Gasteiger partial charge in [0.1, 0.15) is 24.7 Å². The number of benzene rings is 3. The van der Waals surface area contributed by atoms with E-state index in [-0.39, 0.29) is 25.1 Å². The van der Waals surface area contributed by atoms with Crippen molar-refractivity contribution in [2.45, 2.75) is 52.8 Å². The van der Waals surface area contributed by atoms with Gasteiger partial charge in [0.25, 0.3) is 0 Å². The molecule has 0 saturated heterocycles. The number of ether oxygens (including phenoxy) is 1. The van der Waals surface area contributed by atoms with E-state index >= 15 is 0 Å². The van der Waals surface area contributed by atoms with Crippen molar-refractivity contribution in [3.63, 3.8) is 0 Å². The molecule has 3 aromatic carbocycles. The summed E-state index contributed by atoms with van der Waals surface area (Å²) in [6.45, 7) is 8.88. The van der Waals surface area contributed by atoms with Crippen molar-refractivity contribution in [1.29, 1.82) is 0 Å². The predicted octanol–water partition coefficient (Wildman–Crippen LogP) is 6.18. The van der Waals surface area contributed by atoms with E-state index in [1.165, 1.54) is 5.56 Å². The van der Waals surface area contributed by atoms with E-state index in [4.69, 9.17) is 9.72 Å². The number of imidazole rings is 1. The minimum absolute atomic E-state index is 0.0156. The van der Waals surface area contributed by atoms with Crippen molar-refractivity contribution >= 4 is 22.6 Å². The lowest BCUT2D eigenvalue weighted by molar-refractivity contribution is -0.119. The Balaban J connectivity index is 1.60. The smallest absolute Gasteiger partial charge is 0.247 e. The van der Waals surface area contributed by atoms with Gasteiger partial charge in [-0.25, -0.2) is 4.98 Å². The van der Waals surface area contributed by atoms with Gasteiger partial charge in [-0.3, -0.25) is 4.79 Å². The number of nitrogens with zero attached hydrogens (tertiary/aromatic N) is 3. The number of carbonyl (C=O) groups excluding carboxylic acids is 1. The maximum atomic E-state index is 13.5. The molecule has 5 heteroatoms. The molecule has 0 aliphatic rings. The third-order valence-corrected chi connectivity index (χ3v) is 5.76. The molecule has 0 N–H and O–H groups in total. The van der Waals surface area contributed by atoms with Gasteiger partial charge in [0.05, 0.1) is 11.0 Å². The summed E-state index contributed by atoms with van der Waals surface area (Å²) in [5.41, 5.74) is 3.95. The van der Waals surface area contributed by atoms with Crippen molar-refractivity contribution in [3.8, 4) is 5.75 Å². The molecule has 0 bridgehead atoms. The Morgan fingerprint density at radius 1 is 0.909 bits per heavy atom. The number of carbonyl (C=O) groups is 1. The van der Waals surface area contributed by atoms with Gasteiger partial charge in [-0.2, -0.15) is 0 Å². The normalized spacial score (nSPS) is 11.3. The summed E-state index contributed by atoms with van der Waals surface area (Å²) in [6.07, 6.45) is 0. The average Bonchev–Trinajstić information content (AvgIpc) is 3.16. The molecule has 1 amide bonds. The Morgan fingerprint density at radius 3 is 2.24 bits per heavy atom. The van der Waals surface area contributed by atoms with Crippen molar-refractivity contribution in [3.05, 3.63) is 90.3 Å². The highest BCUT2D eigenvalue weighted by atomic mass is 16.5. The zero-order chi connectivity index (χ0) is 23.4. The monoisotopic (exact) mass is 441 g/mol. The van der Waals surface area contributed by atoms with Crippen LogP contribution in [-0.2, 0) is 17.9 Å². The van der Waals surface area contributed by atoms with Crippen molar-refractivity contribution in [2.75, 3.05) is 4.90 Å². The van der Waals surface area contributed by atoms with Crippen LogP contribution in [-0.4, -0.2) is 21.5 Å². The third-order valence-electron chi connectivity index (χ3n) is 5.76. The van der Waals surface area contributed by atoms with Crippen molar-refractivity contribution in [2.24, 2.45) is 0 Å². The molecule has 33 heavy (non-hydrogen) atoms. The average molecular weight is 442 g/mol. The fraction of sp³-hybridized carbons (Fsp3) is 0.286. The quantitative estimate of drug-likeness (QED) is 0.328. The molecular formula is C28H31N3O2. The zero-order valence-corrected chi connectivity index (χ0v) is 19.7. The third kappa shape index (κ3) is 5.08. The molecule has 0 radical (unpaired) electrons. The van der Waals surface area contributed by atoms with Gasteiger partial charge in [0.15, 0.2) is 0 Å². The molecule has 4 aromatic rings. The maximum absolute atomic E-state index is 13.5. The molecule has 0 spiro atoms. The number of amides is 1. The molecule has 0 saturated carbocycles. The van der Waals surface area contributed by atoms with Crippen LogP contribution in [0.25, 0.3) is 11.0 Å². The van der Waals surface area contributed by atoms with Crippen LogP contribution in [0.2, 0.25) is 0 Å². The molecular weight excluding hydrogens is 410 g/mol. The molecule has 0 aliphatic heterocycles. The summed E-state index contributed by atoms with van der Waals surface area (Å²) in [6, 6.07) is 25.9. The van der Waals surface area contributed by atoms with Crippen molar-refractivity contribution < 1.29 is 9.53 Å². The second-order valence-corrected chi connectivity index (χ2v) is 8.81. The largest absolute Gasteiger partial charge is 0.486 e. The lowest BCUT2D eigenvalue weighted by Gasteiger charge is -2.27. The molecule has 0 aliphatic carbocycles. The minimum atomic E-state index is 0.0156. The van der Waals surface area contributed by atoms with Crippen LogP contribution in [0.1, 0.15) is 45.0 Å². The number of hydrogen-bond acceptors (Lipinski definition) is 3. The number of anilines is 1. The van der Waals surface area contributed by atoms with Crippen molar-refractivity contribution in [1.82, 2.24) is 9.55 Å². The number of para-hydroxylation sites is 3. The van der Waals surface area contributed by atoms with Crippen LogP contribution in [0.5, 0.6) is 5.75 Å². The predicted molar refractivity (Wildman–Crippen MR) is 134 cm³/mol. The fourth-order valence-corrected chi connectivity index (χ4v) is 4.04. The first-order valence-electron chi connectivity index (χ1n) is 11.5. The summed E-state index contributed by atoms with van der Waals surface area (Å²) < 4.78 is 8.03. The summed E-state index contributed by atoms with van der Waals surface area (Å²) in [5, 5.41) is 0. The molecule has 1 aromatic heterocycles. The van der Waals surface area contributed by atoms with E-state index in [1.54, 1.807) is 0 Å². The van der Waals surface area contributed by atoms with E-state index < -0.39 is 0 Å². The zero-order valence-electron chi connectivity index (χ0n) is 19.7. The highest BCUT2D eigenvalue weighted by Gasteiger charge is 2.22. The Hall–Kier alpha value is -3.60. The Labute approximate surface area is 195 Å². The van der Waals surface area contributed by atoms with E-state index in [9.17, 15) is 4.79 Å². The van der Waals surface area contributed by atoms with Gasteiger partial charge >= 0.3 is 0 Å². The molecule has 170 valence electrons. The molecule has 0 atom stereocenters. The lowest BCUT2D eigenvalue weighted by atomic mass is 10.0. The second kappa shape index (κ2) is 9.90. The first-order chi connectivity index (χ1) is 15.9. The Morgan fingerprint density at radius 2 is 1.58 bits per heavy atom. The van der Waals surface area contributed by atoms with E-state index in [1.807, 2.05) is 90.0 Å². The minimum Gasteiger partial charge on any atom is -0.486 e. The second-order valence-electron chi connectivity index (χ2n) is 8.81. The summed E-state index contributed by atoms with van der Waals surface area (Å²) in [4.78, 5) is 20.1. The van der Waals surface area contributed by atoms with Crippen LogP contribution >= 0.6 is 0 Å². The topological polar surface area (TPSA) is 47.4 Å². The van der Waals surface area contributed by atoms with Crippen LogP contribution < -0.4 is 9.64 Å². The Bertz CT molecular complexity index is 1210. The number of hydrogen-bond donors (Lipinski definition) is 0. The van der Waals surface area contributed by atoms with E-state index in [0.29, 0.717) is 5.92 Å². The van der Waals surface area contributed by atoms with E-state index in [2.05, 4.69) is 26.0 Å². The maximum Gasteiger partial charge on any atom is 0.247 e. The standard InChI is InChI=1S/C28H31N3O2/c1-20(2)22-14-16-24(17-15-22)33-19-27-29-25-12-8-9-13-26(25)30(27)18-28(32)31(21(3)4)23-10-6-5-7-11-23/h5-17,20-21H,18-19H2,1-4H3. The van der Waals surface area contributed by atoms with Crippen LogP contribution in [0.15, 0.2) is 78.9 Å². The molecule has 0 fully saturated rings. The summed E-state index contributed by atoms with van der Waals surface area (Å²) in [5.74, 6) is 2.01. The van der Waals surface area contributed by atoms with Gasteiger partial charge in [-0.1, -0.05) is 56.3 Å². The number of fused-ring (bicyclic) bond motifs is 1. The highest BCUT2D eigenvalue weighted by molar-refractivity contribution is 5.94. The summed E-state index contributed by atoms with van der Waals surface area (Å²) >= 11 is 0. The van der Waals surface area contributed by atoms with Gasteiger partial charge < -0.3 is 14.2 Å².